The second-order valence-corrected chi connectivity index (χ2v) is 6.88. The summed E-state index contributed by atoms with van der Waals surface area (Å²) in [6, 6.07) is 15.7. The maximum atomic E-state index is 12.4. The van der Waals surface area contributed by atoms with Crippen molar-refractivity contribution >= 4 is 11.7 Å². The molecule has 0 spiro atoms. The smallest absolute Gasteiger partial charge is 0.226 e. The topological polar surface area (TPSA) is 80.2 Å². The number of rotatable bonds is 7. The van der Waals surface area contributed by atoms with Gasteiger partial charge >= 0.3 is 0 Å². The molecule has 3 aromatic rings. The van der Waals surface area contributed by atoms with E-state index in [-0.39, 0.29) is 11.8 Å². The van der Waals surface area contributed by atoms with E-state index in [4.69, 9.17) is 4.74 Å². The Kier molecular flexibility index (Phi) is 5.65. The number of benzene rings is 1. The van der Waals surface area contributed by atoms with Crippen molar-refractivity contribution in [1.29, 1.82) is 0 Å². The standard InChI is InChI=1S/C22H23N5O2/c1-2-29-21-9-8-16(11-23-21)12-24-22(28)18-13-27(14-18)20-10-19(25-15-26-20)17-6-4-3-5-7-17/h3-11,15,18H,2,12-14H2,1H3,(H,24,28). The zero-order chi connectivity index (χ0) is 20.1. The highest BCUT2D eigenvalue weighted by Crippen LogP contribution is 2.26. The number of carbonyl (C=O) groups is 1. The van der Waals surface area contributed by atoms with Gasteiger partial charge in [0.25, 0.3) is 0 Å². The highest BCUT2D eigenvalue weighted by atomic mass is 16.5. The first-order chi connectivity index (χ1) is 14.2. The summed E-state index contributed by atoms with van der Waals surface area (Å²) in [5, 5.41) is 2.98. The molecule has 1 aliphatic rings. The molecular formula is C22H23N5O2. The van der Waals surface area contributed by atoms with Gasteiger partial charge in [-0.3, -0.25) is 4.79 Å². The number of ether oxygens (including phenoxy) is 1. The van der Waals surface area contributed by atoms with Gasteiger partial charge in [-0.05, 0) is 12.5 Å². The van der Waals surface area contributed by atoms with Crippen molar-refractivity contribution in [1.82, 2.24) is 20.3 Å². The predicted octanol–water partition coefficient (Wildman–Crippen LogP) is 2.69. The Bertz CT molecular complexity index is 956. The molecule has 7 heteroatoms. The first-order valence-corrected chi connectivity index (χ1v) is 9.71. The SMILES string of the molecule is CCOc1ccc(CNC(=O)C2CN(c3cc(-c4ccccc4)ncn3)C2)cn1. The van der Waals surface area contributed by atoms with Crippen molar-refractivity contribution in [2.45, 2.75) is 13.5 Å². The average Bonchev–Trinajstić information content (AvgIpc) is 2.73. The van der Waals surface area contributed by atoms with Gasteiger partial charge in [0.05, 0.1) is 18.2 Å². The highest BCUT2D eigenvalue weighted by molar-refractivity contribution is 5.81. The number of nitrogens with one attached hydrogen (secondary N) is 1. The minimum atomic E-state index is -0.0409. The Labute approximate surface area is 169 Å². The molecule has 4 rings (SSSR count). The van der Waals surface area contributed by atoms with Gasteiger partial charge in [0.1, 0.15) is 12.1 Å². The molecule has 0 radical (unpaired) electrons. The molecule has 3 heterocycles. The summed E-state index contributed by atoms with van der Waals surface area (Å²) >= 11 is 0. The molecule has 0 unspecified atom stereocenters. The third-order valence-electron chi connectivity index (χ3n) is 4.86. The fourth-order valence-corrected chi connectivity index (χ4v) is 3.20. The van der Waals surface area contributed by atoms with E-state index >= 15 is 0 Å². The van der Waals surface area contributed by atoms with Crippen molar-refractivity contribution in [3.8, 4) is 17.1 Å². The van der Waals surface area contributed by atoms with Crippen LogP contribution in [0.15, 0.2) is 61.1 Å². The molecule has 0 aliphatic carbocycles. The second-order valence-electron chi connectivity index (χ2n) is 6.88. The molecule has 0 saturated carbocycles. The maximum absolute atomic E-state index is 12.4. The van der Waals surface area contributed by atoms with Crippen LogP contribution < -0.4 is 15.0 Å². The zero-order valence-electron chi connectivity index (χ0n) is 16.3. The van der Waals surface area contributed by atoms with Gasteiger partial charge < -0.3 is 15.0 Å². The zero-order valence-corrected chi connectivity index (χ0v) is 16.3. The van der Waals surface area contributed by atoms with Crippen LogP contribution in [0.4, 0.5) is 5.82 Å². The lowest BCUT2D eigenvalue weighted by Gasteiger charge is -2.39. The van der Waals surface area contributed by atoms with Crippen LogP contribution in [0.5, 0.6) is 5.88 Å². The lowest BCUT2D eigenvalue weighted by atomic mass is 9.99. The highest BCUT2D eigenvalue weighted by Gasteiger charge is 2.33. The summed E-state index contributed by atoms with van der Waals surface area (Å²) in [7, 11) is 0. The van der Waals surface area contributed by atoms with Crippen LogP contribution in [0.2, 0.25) is 0 Å². The first kappa shape index (κ1) is 18.9. The van der Waals surface area contributed by atoms with E-state index in [1.165, 1.54) is 0 Å². The third-order valence-corrected chi connectivity index (χ3v) is 4.86. The molecule has 148 valence electrons. The van der Waals surface area contributed by atoms with Gasteiger partial charge in [-0.25, -0.2) is 15.0 Å². The quantitative estimate of drug-likeness (QED) is 0.669. The van der Waals surface area contributed by atoms with Crippen molar-refractivity contribution in [2.24, 2.45) is 5.92 Å². The van der Waals surface area contributed by atoms with Gasteiger partial charge in [-0.15, -0.1) is 0 Å². The van der Waals surface area contributed by atoms with Crippen LogP contribution >= 0.6 is 0 Å². The number of anilines is 1. The summed E-state index contributed by atoms with van der Waals surface area (Å²) in [6.45, 7) is 4.26. The summed E-state index contributed by atoms with van der Waals surface area (Å²) in [4.78, 5) is 27.4. The summed E-state index contributed by atoms with van der Waals surface area (Å²) in [5.74, 6) is 1.45. The van der Waals surface area contributed by atoms with Crippen molar-refractivity contribution in [3.05, 3.63) is 66.6 Å². The number of amides is 1. The summed E-state index contributed by atoms with van der Waals surface area (Å²) < 4.78 is 5.33. The van der Waals surface area contributed by atoms with Crippen molar-refractivity contribution < 1.29 is 9.53 Å². The van der Waals surface area contributed by atoms with Crippen molar-refractivity contribution in [3.63, 3.8) is 0 Å². The molecule has 7 nitrogen and oxygen atoms in total. The Morgan fingerprint density at radius 3 is 2.69 bits per heavy atom. The van der Waals surface area contributed by atoms with E-state index < -0.39 is 0 Å². The second kappa shape index (κ2) is 8.68. The van der Waals surface area contributed by atoms with E-state index in [1.807, 2.05) is 55.5 Å². The van der Waals surface area contributed by atoms with Crippen LogP contribution in [0.3, 0.4) is 0 Å². The lowest BCUT2D eigenvalue weighted by Crippen LogP contribution is -2.54. The maximum Gasteiger partial charge on any atom is 0.226 e. The monoisotopic (exact) mass is 389 g/mol. The van der Waals surface area contributed by atoms with Crippen molar-refractivity contribution in [2.75, 3.05) is 24.6 Å². The molecule has 0 bridgehead atoms. The van der Waals surface area contributed by atoms with Gasteiger partial charge in [-0.1, -0.05) is 36.4 Å². The van der Waals surface area contributed by atoms with E-state index in [0.29, 0.717) is 32.1 Å². The fourth-order valence-electron chi connectivity index (χ4n) is 3.20. The third kappa shape index (κ3) is 4.51. The van der Waals surface area contributed by atoms with Crippen LogP contribution in [-0.2, 0) is 11.3 Å². The number of carbonyl (C=O) groups excluding carboxylic acids is 1. The van der Waals surface area contributed by atoms with E-state index in [2.05, 4.69) is 25.2 Å². The molecule has 0 atom stereocenters. The molecule has 1 amide bonds. The average molecular weight is 389 g/mol. The normalized spacial score (nSPS) is 13.6. The fraction of sp³-hybridized carbons (Fsp3) is 0.273. The lowest BCUT2D eigenvalue weighted by molar-refractivity contribution is -0.125. The Hall–Kier alpha value is -3.48. The molecule has 1 fully saturated rings. The Morgan fingerprint density at radius 1 is 1.14 bits per heavy atom. The largest absolute Gasteiger partial charge is 0.478 e. The minimum Gasteiger partial charge on any atom is -0.478 e. The first-order valence-electron chi connectivity index (χ1n) is 9.71. The molecule has 29 heavy (non-hydrogen) atoms. The Morgan fingerprint density at radius 2 is 1.97 bits per heavy atom. The number of aromatic nitrogens is 3. The molecule has 1 aromatic carbocycles. The summed E-state index contributed by atoms with van der Waals surface area (Å²) in [6.07, 6.45) is 3.30. The van der Waals surface area contributed by atoms with Crippen LogP contribution in [0.1, 0.15) is 12.5 Å². The summed E-state index contributed by atoms with van der Waals surface area (Å²) in [5.41, 5.74) is 2.88. The number of hydrogen-bond donors (Lipinski definition) is 1. The number of nitrogens with zero attached hydrogens (tertiary/aromatic N) is 4. The Balaban J connectivity index is 1.29. The molecule has 1 N–H and O–H groups in total. The minimum absolute atomic E-state index is 0.0409. The van der Waals surface area contributed by atoms with Gasteiger partial charge in [0, 0.05) is 43.5 Å². The van der Waals surface area contributed by atoms with E-state index in [0.717, 1.165) is 22.6 Å². The van der Waals surface area contributed by atoms with Gasteiger partial charge in [0.15, 0.2) is 0 Å². The molecular weight excluding hydrogens is 366 g/mol. The van der Waals surface area contributed by atoms with Crippen LogP contribution in [0, 0.1) is 5.92 Å². The van der Waals surface area contributed by atoms with E-state index in [9.17, 15) is 4.79 Å². The van der Waals surface area contributed by atoms with Gasteiger partial charge in [-0.2, -0.15) is 0 Å². The number of pyridine rings is 1. The molecule has 2 aromatic heterocycles. The van der Waals surface area contributed by atoms with Gasteiger partial charge in [0.2, 0.25) is 11.8 Å². The van der Waals surface area contributed by atoms with Crippen LogP contribution in [0.25, 0.3) is 11.3 Å². The van der Waals surface area contributed by atoms with Crippen LogP contribution in [-0.4, -0.2) is 40.6 Å². The number of hydrogen-bond acceptors (Lipinski definition) is 6. The molecule has 1 aliphatic heterocycles. The predicted molar refractivity (Wildman–Crippen MR) is 110 cm³/mol. The molecule has 1 saturated heterocycles. The van der Waals surface area contributed by atoms with E-state index in [1.54, 1.807) is 12.5 Å².